The molecule has 2 heterocycles. The van der Waals surface area contributed by atoms with Gasteiger partial charge in [0.25, 0.3) is 0 Å². The molecule has 1 aliphatic rings. The Balaban J connectivity index is 1.99. The van der Waals surface area contributed by atoms with Gasteiger partial charge in [0.05, 0.1) is 11.7 Å². The van der Waals surface area contributed by atoms with Crippen molar-refractivity contribution in [2.24, 2.45) is 11.3 Å². The number of pyridine rings is 1. The van der Waals surface area contributed by atoms with Crippen LogP contribution in [0.2, 0.25) is 0 Å². The number of nitrogens with zero attached hydrogens (tertiary/aromatic N) is 1. The van der Waals surface area contributed by atoms with Gasteiger partial charge in [0.1, 0.15) is 0 Å². The van der Waals surface area contributed by atoms with Crippen molar-refractivity contribution in [1.82, 2.24) is 15.6 Å². The van der Waals surface area contributed by atoms with E-state index in [1.807, 2.05) is 39.0 Å². The van der Waals surface area contributed by atoms with Crippen molar-refractivity contribution in [3.63, 3.8) is 0 Å². The number of hydrogen-bond donors (Lipinski definition) is 2. The molecule has 2 atom stereocenters. The average Bonchev–Trinajstić information content (AvgIpc) is 2.49. The van der Waals surface area contributed by atoms with Crippen molar-refractivity contribution in [2.75, 3.05) is 13.1 Å². The fourth-order valence-electron chi connectivity index (χ4n) is 2.74. The molecule has 1 saturated heterocycles. The van der Waals surface area contributed by atoms with Gasteiger partial charge in [-0.3, -0.25) is 9.78 Å². The number of carbonyl (C=O) groups excluding carboxylic acids is 1. The van der Waals surface area contributed by atoms with Crippen LogP contribution in [0.1, 0.15) is 45.3 Å². The molecule has 1 fully saturated rings. The predicted molar refractivity (Wildman–Crippen MR) is 80.2 cm³/mol. The number of nitrogens with one attached hydrogen (secondary N) is 2. The maximum Gasteiger partial charge on any atom is 0.226 e. The van der Waals surface area contributed by atoms with Gasteiger partial charge in [0.2, 0.25) is 5.91 Å². The Bertz CT molecular complexity index is 438. The number of rotatable bonds is 4. The minimum absolute atomic E-state index is 0.0560. The van der Waals surface area contributed by atoms with E-state index in [2.05, 4.69) is 15.6 Å². The molecule has 1 amide bonds. The van der Waals surface area contributed by atoms with E-state index >= 15 is 0 Å². The van der Waals surface area contributed by atoms with Gasteiger partial charge in [-0.1, -0.05) is 19.9 Å². The Labute approximate surface area is 121 Å². The van der Waals surface area contributed by atoms with Crippen LogP contribution in [-0.2, 0) is 4.79 Å². The summed E-state index contributed by atoms with van der Waals surface area (Å²) in [6.07, 6.45) is 4.02. The fraction of sp³-hybridized carbons (Fsp3) is 0.625. The first-order valence-electron chi connectivity index (χ1n) is 7.44. The molecular formula is C16H25N3O. The van der Waals surface area contributed by atoms with Crippen molar-refractivity contribution in [1.29, 1.82) is 0 Å². The van der Waals surface area contributed by atoms with Gasteiger partial charge in [0.15, 0.2) is 0 Å². The first-order chi connectivity index (χ1) is 9.51. The number of piperidine rings is 1. The summed E-state index contributed by atoms with van der Waals surface area (Å²) in [5.74, 6) is 0.511. The number of hydrogen-bond acceptors (Lipinski definition) is 3. The Morgan fingerprint density at radius 2 is 2.30 bits per heavy atom. The molecule has 4 heteroatoms. The summed E-state index contributed by atoms with van der Waals surface area (Å²) in [5, 5.41) is 6.49. The van der Waals surface area contributed by atoms with Gasteiger partial charge in [-0.15, -0.1) is 0 Å². The summed E-state index contributed by atoms with van der Waals surface area (Å²) in [5.41, 5.74) is 0.551. The third-order valence-corrected chi connectivity index (χ3v) is 4.38. The summed E-state index contributed by atoms with van der Waals surface area (Å²) in [7, 11) is 0. The van der Waals surface area contributed by atoms with E-state index in [1.165, 1.54) is 0 Å². The second kappa shape index (κ2) is 6.35. The highest BCUT2D eigenvalue weighted by atomic mass is 16.2. The number of carbonyl (C=O) groups is 1. The van der Waals surface area contributed by atoms with E-state index in [-0.39, 0.29) is 17.4 Å². The molecule has 0 spiro atoms. The fourth-order valence-corrected chi connectivity index (χ4v) is 2.74. The second-order valence-electron chi connectivity index (χ2n) is 6.21. The maximum absolute atomic E-state index is 12.6. The highest BCUT2D eigenvalue weighted by Crippen LogP contribution is 2.32. The van der Waals surface area contributed by atoms with Gasteiger partial charge >= 0.3 is 0 Å². The molecular weight excluding hydrogens is 250 g/mol. The Hall–Kier alpha value is -1.42. The van der Waals surface area contributed by atoms with Crippen LogP contribution < -0.4 is 10.6 Å². The van der Waals surface area contributed by atoms with E-state index in [1.54, 1.807) is 6.20 Å². The number of amides is 1. The zero-order chi connectivity index (χ0) is 14.6. The smallest absolute Gasteiger partial charge is 0.226 e. The van der Waals surface area contributed by atoms with E-state index in [4.69, 9.17) is 0 Å². The van der Waals surface area contributed by atoms with Crippen LogP contribution in [0.5, 0.6) is 0 Å². The van der Waals surface area contributed by atoms with Crippen molar-refractivity contribution >= 4 is 5.91 Å². The van der Waals surface area contributed by atoms with E-state index in [0.717, 1.165) is 31.6 Å². The van der Waals surface area contributed by atoms with Crippen LogP contribution in [-0.4, -0.2) is 24.0 Å². The van der Waals surface area contributed by atoms with Crippen LogP contribution in [0.3, 0.4) is 0 Å². The van der Waals surface area contributed by atoms with E-state index in [0.29, 0.717) is 5.92 Å². The summed E-state index contributed by atoms with van der Waals surface area (Å²) >= 11 is 0. The summed E-state index contributed by atoms with van der Waals surface area (Å²) in [6, 6.07) is 5.72. The average molecular weight is 275 g/mol. The normalized spacial score (nSPS) is 21.2. The van der Waals surface area contributed by atoms with Gasteiger partial charge in [-0.05, 0) is 50.9 Å². The van der Waals surface area contributed by atoms with E-state index in [9.17, 15) is 4.79 Å². The molecule has 0 aliphatic carbocycles. The minimum Gasteiger partial charge on any atom is -0.348 e. The predicted octanol–water partition coefficient (Wildman–Crippen LogP) is 2.28. The molecule has 2 unspecified atom stereocenters. The lowest BCUT2D eigenvalue weighted by molar-refractivity contribution is -0.133. The maximum atomic E-state index is 12.6. The van der Waals surface area contributed by atoms with E-state index < -0.39 is 0 Å². The monoisotopic (exact) mass is 275 g/mol. The quantitative estimate of drug-likeness (QED) is 0.886. The molecule has 20 heavy (non-hydrogen) atoms. The minimum atomic E-state index is -0.351. The molecule has 1 aromatic heterocycles. The van der Waals surface area contributed by atoms with Crippen molar-refractivity contribution in [3.8, 4) is 0 Å². The van der Waals surface area contributed by atoms with Crippen LogP contribution in [0, 0.1) is 11.3 Å². The summed E-state index contributed by atoms with van der Waals surface area (Å²) < 4.78 is 0. The lowest BCUT2D eigenvalue weighted by atomic mass is 9.74. The molecule has 1 aliphatic heterocycles. The first-order valence-corrected chi connectivity index (χ1v) is 7.44. The summed E-state index contributed by atoms with van der Waals surface area (Å²) in [6.45, 7) is 8.07. The molecule has 0 radical (unpaired) electrons. The van der Waals surface area contributed by atoms with Crippen molar-refractivity contribution < 1.29 is 4.79 Å². The first kappa shape index (κ1) is 15.0. The lowest BCUT2D eigenvalue weighted by Gasteiger charge is -2.36. The van der Waals surface area contributed by atoms with Crippen molar-refractivity contribution in [3.05, 3.63) is 30.1 Å². The highest BCUT2D eigenvalue weighted by molar-refractivity contribution is 5.82. The van der Waals surface area contributed by atoms with Gasteiger partial charge in [-0.2, -0.15) is 0 Å². The Morgan fingerprint density at radius 3 is 2.90 bits per heavy atom. The van der Waals surface area contributed by atoms with Gasteiger partial charge < -0.3 is 10.6 Å². The largest absolute Gasteiger partial charge is 0.348 e. The molecule has 0 aromatic carbocycles. The Kier molecular flexibility index (Phi) is 4.76. The SMILES string of the molecule is CC(NC(=O)C(C)(C)C1CCCNC1)c1ccccn1. The molecule has 2 rings (SSSR count). The topological polar surface area (TPSA) is 54.0 Å². The summed E-state index contributed by atoms with van der Waals surface area (Å²) in [4.78, 5) is 16.9. The zero-order valence-corrected chi connectivity index (χ0v) is 12.6. The van der Waals surface area contributed by atoms with Crippen molar-refractivity contribution in [2.45, 2.75) is 39.7 Å². The van der Waals surface area contributed by atoms with Gasteiger partial charge in [0, 0.05) is 11.6 Å². The standard InChI is InChI=1S/C16H25N3O/c1-12(14-8-4-5-10-18-14)19-15(20)16(2,3)13-7-6-9-17-11-13/h4-5,8,10,12-13,17H,6-7,9,11H2,1-3H3,(H,19,20). The molecule has 0 bridgehead atoms. The van der Waals surface area contributed by atoms with Gasteiger partial charge in [-0.25, -0.2) is 0 Å². The molecule has 4 nitrogen and oxygen atoms in total. The second-order valence-corrected chi connectivity index (χ2v) is 6.21. The lowest BCUT2D eigenvalue weighted by Crippen LogP contribution is -2.47. The highest BCUT2D eigenvalue weighted by Gasteiger charge is 2.37. The van der Waals surface area contributed by atoms with Crippen LogP contribution in [0.25, 0.3) is 0 Å². The van der Waals surface area contributed by atoms with Crippen LogP contribution in [0.15, 0.2) is 24.4 Å². The third-order valence-electron chi connectivity index (χ3n) is 4.38. The van der Waals surface area contributed by atoms with Crippen LogP contribution in [0.4, 0.5) is 0 Å². The molecule has 110 valence electrons. The molecule has 0 saturated carbocycles. The molecule has 2 N–H and O–H groups in total. The Morgan fingerprint density at radius 1 is 1.50 bits per heavy atom. The number of aromatic nitrogens is 1. The zero-order valence-electron chi connectivity index (χ0n) is 12.6. The third kappa shape index (κ3) is 3.37. The molecule has 1 aromatic rings. The van der Waals surface area contributed by atoms with Crippen LogP contribution >= 0.6 is 0 Å².